The van der Waals surface area contributed by atoms with E-state index >= 15 is 0 Å². The summed E-state index contributed by atoms with van der Waals surface area (Å²) in [4.78, 5) is 45.2. The Labute approximate surface area is 235 Å². The van der Waals surface area contributed by atoms with E-state index < -0.39 is 22.6 Å². The summed E-state index contributed by atoms with van der Waals surface area (Å²) in [6.45, 7) is 8.67. The molecule has 1 aromatic carbocycles. The standard InChI is InChI=1S/C30H40N2O6S/c1-4-6-20-38-29(36)24-23-15-16-30(39-23)25(24)27(34)32(18-9-7-8-10-19-33)26(30)28(35)31(17-5-2)21-11-13-22(37-3)14-12-21/h4-5,11-14,23-26,33H,1-2,6-10,15-20H2,3H3/t23-,24+,25+,26?,30?/m1/s1. The maximum absolute atomic E-state index is 14.5. The number of ether oxygens (including phenoxy) is 2. The Morgan fingerprint density at radius 2 is 1.92 bits per heavy atom. The monoisotopic (exact) mass is 556 g/mol. The second-order valence-corrected chi connectivity index (χ2v) is 12.0. The molecule has 3 heterocycles. The third-order valence-corrected chi connectivity index (χ3v) is 10.1. The zero-order chi connectivity index (χ0) is 28.0. The number of rotatable bonds is 15. The predicted molar refractivity (Wildman–Crippen MR) is 153 cm³/mol. The zero-order valence-electron chi connectivity index (χ0n) is 22.8. The number of methoxy groups -OCH3 is 1. The van der Waals surface area contributed by atoms with Gasteiger partial charge in [-0.25, -0.2) is 0 Å². The van der Waals surface area contributed by atoms with E-state index in [2.05, 4.69) is 13.2 Å². The molecule has 39 heavy (non-hydrogen) atoms. The highest BCUT2D eigenvalue weighted by Crippen LogP contribution is 2.66. The molecule has 212 valence electrons. The van der Waals surface area contributed by atoms with E-state index in [1.807, 2.05) is 24.3 Å². The summed E-state index contributed by atoms with van der Waals surface area (Å²) in [5.41, 5.74) is 0.703. The van der Waals surface area contributed by atoms with E-state index in [1.165, 1.54) is 0 Å². The largest absolute Gasteiger partial charge is 0.497 e. The number of aliphatic hydroxyl groups excluding tert-OH is 1. The topological polar surface area (TPSA) is 96.4 Å². The molecule has 3 saturated heterocycles. The van der Waals surface area contributed by atoms with Crippen LogP contribution in [0.4, 0.5) is 5.69 Å². The second kappa shape index (κ2) is 13.0. The molecule has 0 aromatic heterocycles. The number of hydrogen-bond acceptors (Lipinski definition) is 7. The number of likely N-dealkylation sites (tertiary alicyclic amines) is 1. The Bertz CT molecular complexity index is 1060. The van der Waals surface area contributed by atoms with Crippen LogP contribution in [0.5, 0.6) is 5.75 Å². The SMILES string of the molecule is C=CCCOC(=O)[C@@H]1[C@H]2C(=O)N(CCCCCCO)C(C(=O)N(CC=C)c3ccc(OC)cc3)C23CC[C@H]1S3. The highest BCUT2D eigenvalue weighted by Gasteiger charge is 2.74. The van der Waals surface area contributed by atoms with Gasteiger partial charge in [0, 0.05) is 30.6 Å². The molecule has 3 fully saturated rings. The van der Waals surface area contributed by atoms with Crippen molar-refractivity contribution in [2.75, 3.05) is 38.3 Å². The Hall–Kier alpha value is -2.78. The fourth-order valence-corrected chi connectivity index (χ4v) is 8.59. The quantitative estimate of drug-likeness (QED) is 0.198. The average molecular weight is 557 g/mol. The molecule has 8 nitrogen and oxygen atoms in total. The van der Waals surface area contributed by atoms with Crippen LogP contribution in [-0.2, 0) is 19.1 Å². The van der Waals surface area contributed by atoms with Gasteiger partial charge in [-0.3, -0.25) is 14.4 Å². The first-order valence-corrected chi connectivity index (χ1v) is 14.7. The van der Waals surface area contributed by atoms with E-state index in [0.717, 1.165) is 25.7 Å². The molecule has 1 spiro atoms. The number of aliphatic hydroxyl groups is 1. The third kappa shape index (κ3) is 5.61. The molecule has 0 saturated carbocycles. The lowest BCUT2D eigenvalue weighted by Crippen LogP contribution is -2.55. The number of thioether (sulfide) groups is 1. The number of fused-ring (bicyclic) bond motifs is 1. The number of carbonyl (C=O) groups is 3. The summed E-state index contributed by atoms with van der Waals surface area (Å²) in [5, 5.41) is 9.11. The van der Waals surface area contributed by atoms with Crippen LogP contribution in [-0.4, -0.2) is 77.2 Å². The van der Waals surface area contributed by atoms with Crippen molar-refractivity contribution in [1.82, 2.24) is 4.90 Å². The van der Waals surface area contributed by atoms with Gasteiger partial charge in [0.05, 0.1) is 30.3 Å². The molecule has 2 unspecified atom stereocenters. The molecule has 9 heteroatoms. The van der Waals surface area contributed by atoms with Crippen molar-refractivity contribution in [3.63, 3.8) is 0 Å². The minimum absolute atomic E-state index is 0.0361. The lowest BCUT2D eigenvalue weighted by atomic mass is 9.71. The van der Waals surface area contributed by atoms with E-state index in [4.69, 9.17) is 14.6 Å². The first kappa shape index (κ1) is 29.2. The van der Waals surface area contributed by atoms with Crippen LogP contribution < -0.4 is 9.64 Å². The predicted octanol–water partition coefficient (Wildman–Crippen LogP) is 3.98. The van der Waals surface area contributed by atoms with Crippen LogP contribution >= 0.6 is 11.8 Å². The Kier molecular flexibility index (Phi) is 9.77. The van der Waals surface area contributed by atoms with Crippen molar-refractivity contribution in [1.29, 1.82) is 0 Å². The normalized spacial score (nSPS) is 26.8. The number of anilines is 1. The molecule has 1 N–H and O–H groups in total. The van der Waals surface area contributed by atoms with Gasteiger partial charge >= 0.3 is 5.97 Å². The number of unbranched alkanes of at least 4 members (excludes halogenated alkanes) is 3. The lowest BCUT2D eigenvalue weighted by molar-refractivity contribution is -0.154. The van der Waals surface area contributed by atoms with Crippen molar-refractivity contribution >= 4 is 35.2 Å². The summed E-state index contributed by atoms with van der Waals surface area (Å²) >= 11 is 1.64. The van der Waals surface area contributed by atoms with Crippen molar-refractivity contribution in [2.45, 2.75) is 61.0 Å². The van der Waals surface area contributed by atoms with E-state index in [9.17, 15) is 14.4 Å². The molecular formula is C30H40N2O6S. The third-order valence-electron chi connectivity index (χ3n) is 8.14. The van der Waals surface area contributed by atoms with Gasteiger partial charge in [-0.15, -0.1) is 24.9 Å². The van der Waals surface area contributed by atoms with E-state index in [1.54, 1.807) is 40.8 Å². The molecule has 2 bridgehead atoms. The summed E-state index contributed by atoms with van der Waals surface area (Å²) in [5.74, 6) is -1.06. The van der Waals surface area contributed by atoms with Gasteiger partial charge in [0.2, 0.25) is 5.91 Å². The Morgan fingerprint density at radius 1 is 1.18 bits per heavy atom. The van der Waals surface area contributed by atoms with Gasteiger partial charge in [-0.05, 0) is 56.4 Å². The van der Waals surface area contributed by atoms with Crippen LogP contribution in [0.1, 0.15) is 44.9 Å². The van der Waals surface area contributed by atoms with Crippen LogP contribution in [0, 0.1) is 11.8 Å². The summed E-state index contributed by atoms with van der Waals surface area (Å²) in [6, 6.07) is 6.61. The van der Waals surface area contributed by atoms with E-state index in [0.29, 0.717) is 43.8 Å². The molecule has 0 aliphatic carbocycles. The number of nitrogens with zero attached hydrogens (tertiary/aromatic N) is 2. The molecule has 2 amide bonds. The minimum atomic E-state index is -0.684. The fourth-order valence-electron chi connectivity index (χ4n) is 6.39. The van der Waals surface area contributed by atoms with Gasteiger partial charge in [-0.2, -0.15) is 0 Å². The van der Waals surface area contributed by atoms with E-state index in [-0.39, 0.29) is 36.2 Å². The maximum atomic E-state index is 14.5. The Morgan fingerprint density at radius 3 is 2.59 bits per heavy atom. The minimum Gasteiger partial charge on any atom is -0.497 e. The van der Waals surface area contributed by atoms with Crippen LogP contribution in [0.3, 0.4) is 0 Å². The number of esters is 1. The van der Waals surface area contributed by atoms with Crippen molar-refractivity contribution in [2.24, 2.45) is 11.8 Å². The smallest absolute Gasteiger partial charge is 0.310 e. The molecule has 3 aliphatic heterocycles. The Balaban J connectivity index is 1.66. The summed E-state index contributed by atoms with van der Waals surface area (Å²) in [7, 11) is 1.59. The number of amides is 2. The highest BCUT2D eigenvalue weighted by atomic mass is 32.2. The van der Waals surface area contributed by atoms with Crippen LogP contribution in [0.25, 0.3) is 0 Å². The lowest BCUT2D eigenvalue weighted by Gasteiger charge is -2.37. The van der Waals surface area contributed by atoms with Gasteiger partial charge in [0.15, 0.2) is 0 Å². The highest BCUT2D eigenvalue weighted by molar-refractivity contribution is 8.02. The maximum Gasteiger partial charge on any atom is 0.310 e. The first-order chi connectivity index (χ1) is 18.9. The number of benzene rings is 1. The van der Waals surface area contributed by atoms with Gasteiger partial charge in [0.1, 0.15) is 11.8 Å². The molecule has 4 rings (SSSR count). The van der Waals surface area contributed by atoms with Crippen molar-refractivity contribution in [3.05, 3.63) is 49.6 Å². The fraction of sp³-hybridized carbons (Fsp3) is 0.567. The summed E-state index contributed by atoms with van der Waals surface area (Å²) < 4.78 is 10.2. The second-order valence-electron chi connectivity index (χ2n) is 10.4. The van der Waals surface area contributed by atoms with Crippen LogP contribution in [0.15, 0.2) is 49.6 Å². The molecule has 5 atom stereocenters. The molecule has 1 aromatic rings. The van der Waals surface area contributed by atoms with Crippen molar-refractivity contribution in [3.8, 4) is 5.75 Å². The summed E-state index contributed by atoms with van der Waals surface area (Å²) in [6.07, 6.45) is 8.56. The van der Waals surface area contributed by atoms with Gasteiger partial charge in [-0.1, -0.05) is 25.0 Å². The molecule has 3 aliphatic rings. The molecule has 0 radical (unpaired) electrons. The average Bonchev–Trinajstić information content (AvgIpc) is 3.59. The number of hydrogen-bond donors (Lipinski definition) is 1. The van der Waals surface area contributed by atoms with Gasteiger partial charge < -0.3 is 24.4 Å². The van der Waals surface area contributed by atoms with Gasteiger partial charge in [0.25, 0.3) is 5.91 Å². The van der Waals surface area contributed by atoms with Crippen molar-refractivity contribution < 1.29 is 29.0 Å². The molecular weight excluding hydrogens is 516 g/mol. The zero-order valence-corrected chi connectivity index (χ0v) is 23.6. The first-order valence-electron chi connectivity index (χ1n) is 13.9. The number of carbonyl (C=O) groups excluding carboxylic acids is 3. The van der Waals surface area contributed by atoms with Crippen LogP contribution in [0.2, 0.25) is 0 Å².